The van der Waals surface area contributed by atoms with Crippen molar-refractivity contribution in [2.45, 2.75) is 129 Å². The van der Waals surface area contributed by atoms with E-state index in [0.717, 1.165) is 16.7 Å². The van der Waals surface area contributed by atoms with Crippen LogP contribution in [0.15, 0.2) is 142 Å². The Hall–Kier alpha value is -10.5. The summed E-state index contributed by atoms with van der Waals surface area (Å²) in [6.07, 6.45) is 18.4. The van der Waals surface area contributed by atoms with E-state index < -0.39 is 34.4 Å². The molecular weight excluding hydrogens is 1160 g/mol. The lowest BCUT2D eigenvalue weighted by Crippen LogP contribution is -2.07. The summed E-state index contributed by atoms with van der Waals surface area (Å²) in [5.41, 5.74) is 59.0. The number of hydrogen-bond donors (Lipinski definition) is 1. The summed E-state index contributed by atoms with van der Waals surface area (Å²) >= 11 is 5.54. The van der Waals surface area contributed by atoms with E-state index in [-0.39, 0.29) is 17.7 Å². The van der Waals surface area contributed by atoms with E-state index in [2.05, 4.69) is 153 Å². The maximum absolute atomic E-state index is 13.1. The van der Waals surface area contributed by atoms with E-state index >= 15 is 0 Å². The van der Waals surface area contributed by atoms with E-state index in [4.69, 9.17) is 50.3 Å². The van der Waals surface area contributed by atoms with Crippen LogP contribution < -0.4 is 5.32 Å². The molecule has 1 N–H and O–H groups in total. The number of azide groups is 3. The first-order chi connectivity index (χ1) is 42.4. The Bertz CT molecular complexity index is 3050. The van der Waals surface area contributed by atoms with Crippen LogP contribution in [0.25, 0.3) is 53.5 Å². The van der Waals surface area contributed by atoms with Gasteiger partial charge in [0.1, 0.15) is 5.56 Å². The molecule has 88 heavy (non-hydrogen) atoms. The highest BCUT2D eigenvalue weighted by molar-refractivity contribution is 6.28. The number of benzene rings is 3. The predicted molar refractivity (Wildman–Crippen MR) is 341 cm³/mol. The molecule has 7 rings (SSSR count). The van der Waals surface area contributed by atoms with Crippen molar-refractivity contribution < 1.29 is 41.1 Å². The maximum atomic E-state index is 13.1. The predicted octanol–water partition coefficient (Wildman–Crippen LogP) is 19.4. The zero-order chi connectivity index (χ0) is 67.6. The van der Waals surface area contributed by atoms with Crippen LogP contribution in [0.1, 0.15) is 149 Å². The van der Waals surface area contributed by atoms with Crippen molar-refractivity contribution in [1.82, 2.24) is 24.9 Å². The highest BCUT2D eigenvalue weighted by atomic mass is 35.5. The van der Waals surface area contributed by atoms with Gasteiger partial charge in [-0.15, -0.1) is 0 Å². The third kappa shape index (κ3) is 49.0. The molecule has 0 amide bonds. The zero-order valence-electron chi connectivity index (χ0n) is 51.9. The van der Waals surface area contributed by atoms with E-state index in [9.17, 15) is 17.6 Å². The first kappa shape index (κ1) is 86.3. The summed E-state index contributed by atoms with van der Waals surface area (Å²) in [4.78, 5) is 37.2. The van der Waals surface area contributed by atoms with Crippen LogP contribution >= 0.6 is 11.6 Å². The molecule has 470 valence electrons. The number of nitrogens with one attached hydrogen (secondary N) is 1. The first-order valence-corrected chi connectivity index (χ1v) is 27.6. The molecular formula is C59H78ClF4N23O. The summed E-state index contributed by atoms with van der Waals surface area (Å²) in [5, 5.41) is 12.5. The van der Waals surface area contributed by atoms with Crippen LogP contribution in [0, 0.1) is 30.2 Å². The van der Waals surface area contributed by atoms with Crippen molar-refractivity contribution in [3.63, 3.8) is 0 Å². The maximum Gasteiger partial charge on any atom is 0.293 e. The number of aryl methyl sites for hydroxylation is 1. The number of nitrogens with zero attached hydrogens (tertiary/aromatic N) is 22. The fraction of sp³-hybridized carbons (Fsp3) is 0.339. The Labute approximate surface area is 517 Å². The van der Waals surface area contributed by atoms with Crippen molar-refractivity contribution >= 4 is 59.9 Å². The molecule has 7 aromatic rings. The molecule has 0 saturated heterocycles. The molecule has 24 nitrogen and oxygen atoms in total. The average Bonchev–Trinajstić information content (AvgIpc) is 1.78. The lowest BCUT2D eigenvalue weighted by atomic mass is 10.1. The molecule has 0 bridgehead atoms. The summed E-state index contributed by atoms with van der Waals surface area (Å²) < 4.78 is 57.0. The SMILES string of the molecule is CCC.CCC.CCC.CCC.CCC.CCNc1nc(Cl)nc(N=[N+]=[N-])n1.CCc1c(F)c(F)c(C=[N+]=[N-])c(F)c1F.Cc1ccc(C=[N+]=[N-])cc1.[N-]=[N+]=Cc1ccccc1.[N-]=[N+]=Cc1ccncc1.[N-]=[N+]=Nc1cccnc1.[N-]=[N+]=Nc1ccco1. The Morgan fingerprint density at radius 1 is 0.500 bits per heavy atom. The number of furan rings is 1. The minimum absolute atomic E-state index is 0.00616. The van der Waals surface area contributed by atoms with Crippen LogP contribution in [0.2, 0.25) is 5.28 Å². The molecule has 3 aromatic carbocycles. The van der Waals surface area contributed by atoms with Crippen molar-refractivity contribution in [1.29, 1.82) is 0 Å². The first-order valence-electron chi connectivity index (χ1n) is 27.2. The minimum atomic E-state index is -1.57. The minimum Gasteiger partial charge on any atom is -0.463 e. The van der Waals surface area contributed by atoms with Gasteiger partial charge in [-0.1, -0.05) is 149 Å². The van der Waals surface area contributed by atoms with Gasteiger partial charge in [-0.25, -0.2) is 17.6 Å². The molecule has 0 saturated carbocycles. The number of pyridine rings is 2. The van der Waals surface area contributed by atoms with Crippen molar-refractivity contribution in [2.24, 2.45) is 15.3 Å². The van der Waals surface area contributed by atoms with Crippen LogP contribution in [-0.2, 0) is 6.42 Å². The Morgan fingerprint density at radius 3 is 1.36 bits per heavy atom. The highest BCUT2D eigenvalue weighted by Gasteiger charge is 2.25. The van der Waals surface area contributed by atoms with Crippen LogP contribution in [0.5, 0.6) is 0 Å². The molecule has 0 spiro atoms. The monoisotopic (exact) mass is 1240 g/mol. The lowest BCUT2D eigenvalue weighted by molar-refractivity contribution is 0.00368. The third-order valence-electron chi connectivity index (χ3n) is 7.65. The van der Waals surface area contributed by atoms with Crippen LogP contribution in [0.4, 0.5) is 41.0 Å². The van der Waals surface area contributed by atoms with Gasteiger partial charge in [0.25, 0.3) is 24.9 Å². The fourth-order valence-electron chi connectivity index (χ4n) is 4.51. The van der Waals surface area contributed by atoms with Crippen molar-refractivity contribution in [3.8, 4) is 0 Å². The lowest BCUT2D eigenvalue weighted by Gasteiger charge is -2.05. The Balaban J connectivity index is -0.000000295. The number of halogens is 5. The van der Waals surface area contributed by atoms with Gasteiger partial charge in [-0.2, -0.15) is 34.1 Å². The van der Waals surface area contributed by atoms with Crippen LogP contribution in [0.3, 0.4) is 0 Å². The van der Waals surface area contributed by atoms with E-state index in [1.54, 1.807) is 55.0 Å². The third-order valence-corrected chi connectivity index (χ3v) is 7.82. The van der Waals surface area contributed by atoms with E-state index in [0.29, 0.717) is 30.3 Å². The van der Waals surface area contributed by atoms with Crippen molar-refractivity contribution in [2.75, 3.05) is 11.9 Å². The largest absolute Gasteiger partial charge is 0.463 e. The summed E-state index contributed by atoms with van der Waals surface area (Å²) in [7, 11) is 0. The topological polar surface area (TPSA) is 382 Å². The molecule has 0 unspecified atom stereocenters. The second-order valence-electron chi connectivity index (χ2n) is 16.1. The molecule has 4 heterocycles. The molecule has 0 radical (unpaired) electrons. The number of aromatic nitrogens is 5. The van der Waals surface area contributed by atoms with Gasteiger partial charge in [0.2, 0.25) is 17.2 Å². The molecule has 0 aliphatic rings. The van der Waals surface area contributed by atoms with Gasteiger partial charge in [0.05, 0.1) is 28.6 Å². The molecule has 0 atom stereocenters. The summed E-state index contributed by atoms with van der Waals surface area (Å²) in [5.74, 6) is -5.51. The smallest absolute Gasteiger partial charge is 0.293 e. The molecule has 0 aliphatic carbocycles. The summed E-state index contributed by atoms with van der Waals surface area (Å²) in [6, 6.07) is 27.3. The number of hydrogen-bond acceptors (Lipinski definition) is 10. The standard InChI is InChI=1S/C9H6F4N2.C8H8N2.C7H6N2.C6H5N3.C5H6ClN7.C5H4N4.C4H3N3O.5C3H8/c1-2-4-6(10)8(12)5(3-15-14)9(13)7(4)11;1-7-2-4-8(5-3-7)6-10-9;8-9-6-7-4-2-1-3-5-7;7-9-5-6-1-3-8-4-2-6;1-2-8-4-9-3(6)10-5(11-4)12-13-7;6-9-8-5-2-1-3-7-4-5;5-7-6-4-2-1-3-8-4;5*1-3-2/h3H,2H2,1H3;2-6H,1H3;1-6H;1-5H;2H2,1H3,(H,8,9,10,11);1-4H;1-3H;5*3H2,1-2H3. The fourth-order valence-corrected chi connectivity index (χ4v) is 4.67. The Kier molecular flexibility index (Phi) is 62.8. The second kappa shape index (κ2) is 64.1. The van der Waals surface area contributed by atoms with Gasteiger partial charge in [-0.3, -0.25) is 9.97 Å². The van der Waals surface area contributed by atoms with E-state index in [1.165, 1.54) is 75.7 Å². The highest BCUT2D eigenvalue weighted by Crippen LogP contribution is 2.23. The molecule has 29 heteroatoms. The van der Waals surface area contributed by atoms with E-state index in [1.807, 2.05) is 68.4 Å². The van der Waals surface area contributed by atoms with Gasteiger partial charge in [0, 0.05) is 51.6 Å². The number of rotatable bonds is 10. The van der Waals surface area contributed by atoms with Gasteiger partial charge >= 0.3 is 0 Å². The van der Waals surface area contributed by atoms with Gasteiger partial charge < -0.3 is 31.9 Å². The van der Waals surface area contributed by atoms with Gasteiger partial charge in [0.15, 0.2) is 29.2 Å². The molecule has 4 aromatic heterocycles. The Morgan fingerprint density at radius 2 is 0.966 bits per heavy atom. The quantitative estimate of drug-likeness (QED) is 0.0344. The zero-order valence-corrected chi connectivity index (χ0v) is 52.7. The molecule has 0 fully saturated rings. The second-order valence-corrected chi connectivity index (χ2v) is 16.4. The molecule has 0 aliphatic heterocycles. The average molecular weight is 1240 g/mol. The van der Waals surface area contributed by atoms with Crippen molar-refractivity contribution in [3.05, 3.63) is 237 Å². The summed E-state index contributed by atoms with van der Waals surface area (Å²) in [6.45, 7) is 27.2. The van der Waals surface area contributed by atoms with Gasteiger partial charge in [-0.05, 0) is 119 Å². The van der Waals surface area contributed by atoms with Crippen LogP contribution in [-0.4, -0.2) is 75.5 Å². The normalized spacial score (nSPS) is 8.20. The number of anilines is 1.